The number of rotatable bonds is 2. The highest BCUT2D eigenvalue weighted by Crippen LogP contribution is 2.31. The maximum atomic E-state index is 4.57. The first-order valence-corrected chi connectivity index (χ1v) is 9.30. The average Bonchev–Trinajstić information content (AvgIpc) is 3.33. The zero-order valence-electron chi connectivity index (χ0n) is 15.0. The Labute approximate surface area is 161 Å². The fourth-order valence-corrected chi connectivity index (χ4v) is 3.91. The molecule has 0 fully saturated rings. The van der Waals surface area contributed by atoms with E-state index in [1.165, 1.54) is 21.8 Å². The predicted octanol–water partition coefficient (Wildman–Crippen LogP) is 5.52. The van der Waals surface area contributed by atoms with Crippen molar-refractivity contribution < 1.29 is 0 Å². The first-order chi connectivity index (χ1) is 13.9. The van der Waals surface area contributed by atoms with Gasteiger partial charge < -0.3 is 4.57 Å². The van der Waals surface area contributed by atoms with Gasteiger partial charge in [-0.3, -0.25) is 0 Å². The molecule has 0 aliphatic heterocycles. The third kappa shape index (κ3) is 2.18. The molecule has 0 saturated heterocycles. The Morgan fingerprint density at radius 1 is 0.464 bits per heavy atom. The van der Waals surface area contributed by atoms with Crippen LogP contribution < -0.4 is 0 Å². The lowest BCUT2D eigenvalue weighted by molar-refractivity contribution is 0.765. The molecular weight excluding hydrogens is 344 g/mol. The van der Waals surface area contributed by atoms with E-state index in [9.17, 15) is 0 Å². The molecule has 0 atom stereocenters. The van der Waals surface area contributed by atoms with Crippen LogP contribution in [0.4, 0.5) is 0 Å². The van der Waals surface area contributed by atoms with Crippen LogP contribution in [0.15, 0.2) is 97.1 Å². The first-order valence-electron chi connectivity index (χ1n) is 9.30. The fraction of sp³-hybridized carbons (Fsp3) is 0. The highest BCUT2D eigenvalue weighted by Gasteiger charge is 2.11. The Morgan fingerprint density at radius 3 is 1.50 bits per heavy atom. The van der Waals surface area contributed by atoms with E-state index >= 15 is 0 Å². The molecule has 132 valence electrons. The van der Waals surface area contributed by atoms with Crippen LogP contribution in [0.2, 0.25) is 0 Å². The molecule has 2 heterocycles. The van der Waals surface area contributed by atoms with E-state index in [2.05, 4.69) is 87.6 Å². The molecule has 0 radical (unpaired) electrons. The summed E-state index contributed by atoms with van der Waals surface area (Å²) in [5.74, 6) is 0. The van der Waals surface area contributed by atoms with E-state index < -0.39 is 0 Å². The maximum absolute atomic E-state index is 4.57. The lowest BCUT2D eigenvalue weighted by Crippen LogP contribution is -1.99. The highest BCUT2D eigenvalue weighted by atomic mass is 15.5. The molecule has 0 saturated carbocycles. The van der Waals surface area contributed by atoms with Crippen LogP contribution in [0, 0.1) is 0 Å². The van der Waals surface area contributed by atoms with Crippen LogP contribution in [0.3, 0.4) is 0 Å². The van der Waals surface area contributed by atoms with Crippen molar-refractivity contribution in [3.8, 4) is 11.4 Å². The molecule has 6 rings (SSSR count). The van der Waals surface area contributed by atoms with Gasteiger partial charge in [0.25, 0.3) is 0 Å². The second-order valence-electron chi connectivity index (χ2n) is 6.86. The topological polar surface area (TPSA) is 35.6 Å². The van der Waals surface area contributed by atoms with Gasteiger partial charge in [-0.2, -0.15) is 4.80 Å². The molecule has 4 nitrogen and oxygen atoms in total. The van der Waals surface area contributed by atoms with Crippen molar-refractivity contribution in [2.75, 3.05) is 0 Å². The molecule has 0 amide bonds. The SMILES string of the molecule is c1ccc2nn(-c3ccc(-n4c5ccccc5c5ccccc54)cc3)nc2c1. The Hall–Kier alpha value is -3.92. The number of nitrogens with zero attached hydrogens (tertiary/aromatic N) is 4. The van der Waals surface area contributed by atoms with Gasteiger partial charge in [-0.15, -0.1) is 10.2 Å². The zero-order chi connectivity index (χ0) is 18.5. The Bertz CT molecular complexity index is 1370. The number of hydrogen-bond acceptors (Lipinski definition) is 2. The third-order valence-corrected chi connectivity index (χ3v) is 5.21. The lowest BCUT2D eigenvalue weighted by Gasteiger charge is -2.08. The van der Waals surface area contributed by atoms with Crippen LogP contribution >= 0.6 is 0 Å². The third-order valence-electron chi connectivity index (χ3n) is 5.21. The Morgan fingerprint density at radius 2 is 0.929 bits per heavy atom. The molecule has 2 aromatic heterocycles. The summed E-state index contributed by atoms with van der Waals surface area (Å²) in [7, 11) is 0. The summed E-state index contributed by atoms with van der Waals surface area (Å²) >= 11 is 0. The second kappa shape index (κ2) is 5.79. The smallest absolute Gasteiger partial charge is 0.113 e. The number of aromatic nitrogens is 4. The van der Waals surface area contributed by atoms with Crippen molar-refractivity contribution in [3.63, 3.8) is 0 Å². The molecule has 4 aromatic carbocycles. The monoisotopic (exact) mass is 360 g/mol. The summed E-state index contributed by atoms with van der Waals surface area (Å²) < 4.78 is 2.31. The molecule has 0 spiro atoms. The van der Waals surface area contributed by atoms with E-state index in [4.69, 9.17) is 0 Å². The van der Waals surface area contributed by atoms with Gasteiger partial charge in [-0.25, -0.2) is 0 Å². The van der Waals surface area contributed by atoms with Crippen molar-refractivity contribution in [2.24, 2.45) is 0 Å². The predicted molar refractivity (Wildman–Crippen MR) is 113 cm³/mol. The molecular formula is C24H16N4. The number of para-hydroxylation sites is 2. The minimum Gasteiger partial charge on any atom is -0.309 e. The average molecular weight is 360 g/mol. The Balaban J connectivity index is 1.52. The van der Waals surface area contributed by atoms with E-state index in [1.807, 2.05) is 24.3 Å². The van der Waals surface area contributed by atoms with Crippen LogP contribution in [0.5, 0.6) is 0 Å². The summed E-state index contributed by atoms with van der Waals surface area (Å²) in [6, 6.07) is 33.4. The van der Waals surface area contributed by atoms with Crippen LogP contribution in [0.1, 0.15) is 0 Å². The van der Waals surface area contributed by atoms with Crippen LogP contribution in [0.25, 0.3) is 44.2 Å². The standard InChI is InChI=1S/C24H16N4/c1-5-11-23-19(7-1)20-8-2-6-12-24(20)27(23)17-13-15-18(16-14-17)28-25-21-9-3-4-10-22(21)26-28/h1-16H. The lowest BCUT2D eigenvalue weighted by atomic mass is 10.2. The Kier molecular flexibility index (Phi) is 3.14. The van der Waals surface area contributed by atoms with Gasteiger partial charge >= 0.3 is 0 Å². The number of benzene rings is 4. The molecule has 28 heavy (non-hydrogen) atoms. The van der Waals surface area contributed by atoms with Gasteiger partial charge in [0.05, 0.1) is 16.7 Å². The van der Waals surface area contributed by atoms with E-state index in [0.29, 0.717) is 0 Å². The zero-order valence-corrected chi connectivity index (χ0v) is 15.0. The molecule has 0 unspecified atom stereocenters. The summed E-state index contributed by atoms with van der Waals surface area (Å²) in [4.78, 5) is 1.69. The van der Waals surface area contributed by atoms with Crippen molar-refractivity contribution in [3.05, 3.63) is 97.1 Å². The molecule has 0 N–H and O–H groups in total. The molecule has 0 bridgehead atoms. The highest BCUT2D eigenvalue weighted by molar-refractivity contribution is 6.09. The van der Waals surface area contributed by atoms with Gasteiger partial charge in [0.1, 0.15) is 11.0 Å². The van der Waals surface area contributed by atoms with Crippen LogP contribution in [-0.2, 0) is 0 Å². The maximum Gasteiger partial charge on any atom is 0.113 e. The quantitative estimate of drug-likeness (QED) is 0.408. The molecule has 0 aliphatic rings. The largest absolute Gasteiger partial charge is 0.309 e. The van der Waals surface area contributed by atoms with Gasteiger partial charge in [0.15, 0.2) is 0 Å². The molecule has 4 heteroatoms. The number of fused-ring (bicyclic) bond motifs is 4. The summed E-state index contributed by atoms with van der Waals surface area (Å²) in [6.07, 6.45) is 0. The van der Waals surface area contributed by atoms with Gasteiger partial charge in [-0.05, 0) is 48.5 Å². The normalized spacial score (nSPS) is 11.6. The first kappa shape index (κ1) is 15.2. The van der Waals surface area contributed by atoms with Crippen molar-refractivity contribution in [1.82, 2.24) is 19.6 Å². The van der Waals surface area contributed by atoms with E-state index in [-0.39, 0.29) is 0 Å². The summed E-state index contributed by atoms with van der Waals surface area (Å²) in [5.41, 5.74) is 6.28. The van der Waals surface area contributed by atoms with Crippen molar-refractivity contribution >= 4 is 32.8 Å². The molecule has 6 aromatic rings. The minimum absolute atomic E-state index is 0.897. The molecule has 0 aliphatic carbocycles. The van der Waals surface area contributed by atoms with Crippen molar-refractivity contribution in [1.29, 1.82) is 0 Å². The second-order valence-corrected chi connectivity index (χ2v) is 6.86. The van der Waals surface area contributed by atoms with E-state index in [0.717, 1.165) is 22.4 Å². The fourth-order valence-electron chi connectivity index (χ4n) is 3.91. The van der Waals surface area contributed by atoms with Gasteiger partial charge in [-0.1, -0.05) is 48.5 Å². The summed E-state index contributed by atoms with van der Waals surface area (Å²) in [6.45, 7) is 0. The minimum atomic E-state index is 0.897. The van der Waals surface area contributed by atoms with Crippen molar-refractivity contribution in [2.45, 2.75) is 0 Å². The summed E-state index contributed by atoms with van der Waals surface area (Å²) in [5, 5.41) is 11.7. The van der Waals surface area contributed by atoms with Crippen LogP contribution in [-0.4, -0.2) is 19.6 Å². The van der Waals surface area contributed by atoms with E-state index in [1.54, 1.807) is 4.80 Å². The van der Waals surface area contributed by atoms with Gasteiger partial charge in [0.2, 0.25) is 0 Å². The van der Waals surface area contributed by atoms with Gasteiger partial charge in [0, 0.05) is 16.5 Å². The number of hydrogen-bond donors (Lipinski definition) is 0.